The lowest BCUT2D eigenvalue weighted by atomic mass is 9.86. The Bertz CT molecular complexity index is 450. The van der Waals surface area contributed by atoms with E-state index in [4.69, 9.17) is 5.73 Å². The molecule has 1 aliphatic heterocycles. The summed E-state index contributed by atoms with van der Waals surface area (Å²) in [5, 5.41) is 3.58. The van der Waals surface area contributed by atoms with E-state index in [-0.39, 0.29) is 5.91 Å². The number of primary amides is 1. The number of benzene rings is 1. The van der Waals surface area contributed by atoms with Crippen LogP contribution in [0, 0.1) is 5.92 Å². The van der Waals surface area contributed by atoms with Gasteiger partial charge in [0.1, 0.15) is 0 Å². The number of fused-ring (bicyclic) bond motifs is 1. The van der Waals surface area contributed by atoms with Crippen LogP contribution in [-0.2, 0) is 6.54 Å². The number of nitrogens with two attached hydrogens (primary N) is 1. The molecule has 1 heterocycles. The number of rotatable bonds is 6. The van der Waals surface area contributed by atoms with Gasteiger partial charge in [-0.25, -0.2) is 0 Å². The SMILES string of the molecule is CCCC(CCC)C1NCc2c(C(N)=O)cccc21. The Kier molecular flexibility index (Phi) is 4.59. The number of carbonyl (C=O) groups excluding carboxylic acids is 1. The molecule has 0 fully saturated rings. The van der Waals surface area contributed by atoms with Crippen molar-refractivity contribution in [3.63, 3.8) is 0 Å². The van der Waals surface area contributed by atoms with E-state index < -0.39 is 0 Å². The highest BCUT2D eigenvalue weighted by Crippen LogP contribution is 2.36. The Labute approximate surface area is 115 Å². The number of amides is 1. The minimum atomic E-state index is -0.318. The topological polar surface area (TPSA) is 55.1 Å². The average Bonchev–Trinajstić information content (AvgIpc) is 2.81. The van der Waals surface area contributed by atoms with Gasteiger partial charge in [0.15, 0.2) is 0 Å². The Morgan fingerprint density at radius 3 is 2.63 bits per heavy atom. The molecule has 104 valence electrons. The largest absolute Gasteiger partial charge is 0.366 e. The first-order valence-corrected chi connectivity index (χ1v) is 7.34. The van der Waals surface area contributed by atoms with Crippen molar-refractivity contribution in [1.82, 2.24) is 5.32 Å². The van der Waals surface area contributed by atoms with Gasteiger partial charge in [-0.1, -0.05) is 38.8 Å². The molecule has 1 aliphatic rings. The molecule has 0 aliphatic carbocycles. The molecule has 1 amide bonds. The molecule has 1 aromatic carbocycles. The molecule has 3 N–H and O–H groups in total. The monoisotopic (exact) mass is 260 g/mol. The van der Waals surface area contributed by atoms with Gasteiger partial charge in [-0.3, -0.25) is 4.79 Å². The Balaban J connectivity index is 2.30. The van der Waals surface area contributed by atoms with Crippen molar-refractivity contribution in [2.75, 3.05) is 0 Å². The summed E-state index contributed by atoms with van der Waals surface area (Å²) in [6.07, 6.45) is 4.86. The van der Waals surface area contributed by atoms with Crippen LogP contribution >= 0.6 is 0 Å². The van der Waals surface area contributed by atoms with Gasteiger partial charge in [-0.15, -0.1) is 0 Å². The lowest BCUT2D eigenvalue weighted by molar-refractivity contribution is 0.0999. The fourth-order valence-corrected chi connectivity index (χ4v) is 3.29. The lowest BCUT2D eigenvalue weighted by Crippen LogP contribution is -2.22. The molecule has 0 radical (unpaired) electrons. The number of nitrogens with one attached hydrogen (secondary N) is 1. The maximum atomic E-state index is 11.5. The minimum absolute atomic E-state index is 0.318. The first-order valence-electron chi connectivity index (χ1n) is 7.34. The summed E-state index contributed by atoms with van der Waals surface area (Å²) in [7, 11) is 0. The van der Waals surface area contributed by atoms with Crippen molar-refractivity contribution in [1.29, 1.82) is 0 Å². The molecule has 0 aromatic heterocycles. The lowest BCUT2D eigenvalue weighted by Gasteiger charge is -2.24. The normalized spacial score (nSPS) is 17.7. The Morgan fingerprint density at radius 1 is 1.37 bits per heavy atom. The van der Waals surface area contributed by atoms with Crippen LogP contribution in [0.4, 0.5) is 0 Å². The molecule has 2 rings (SSSR count). The van der Waals surface area contributed by atoms with Crippen molar-refractivity contribution in [2.45, 2.75) is 52.1 Å². The van der Waals surface area contributed by atoms with E-state index in [1.54, 1.807) is 0 Å². The van der Waals surface area contributed by atoms with E-state index in [1.807, 2.05) is 12.1 Å². The van der Waals surface area contributed by atoms with Gasteiger partial charge >= 0.3 is 0 Å². The van der Waals surface area contributed by atoms with Crippen molar-refractivity contribution < 1.29 is 4.79 Å². The van der Waals surface area contributed by atoms with Gasteiger partial charge in [0.25, 0.3) is 0 Å². The van der Waals surface area contributed by atoms with Gasteiger partial charge < -0.3 is 11.1 Å². The zero-order chi connectivity index (χ0) is 13.8. The minimum Gasteiger partial charge on any atom is -0.366 e. The molecule has 0 bridgehead atoms. The summed E-state index contributed by atoms with van der Waals surface area (Å²) in [5.41, 5.74) is 8.53. The molecule has 0 saturated carbocycles. The highest BCUT2D eigenvalue weighted by molar-refractivity contribution is 5.94. The zero-order valence-electron chi connectivity index (χ0n) is 11.9. The summed E-state index contributed by atoms with van der Waals surface area (Å²) >= 11 is 0. The Morgan fingerprint density at radius 2 is 2.05 bits per heavy atom. The summed E-state index contributed by atoms with van der Waals surface area (Å²) in [4.78, 5) is 11.5. The summed E-state index contributed by atoms with van der Waals surface area (Å²) < 4.78 is 0. The van der Waals surface area contributed by atoms with E-state index in [2.05, 4.69) is 25.2 Å². The first kappa shape index (κ1) is 14.1. The Hall–Kier alpha value is -1.35. The predicted octanol–water partition coefficient (Wildman–Crippen LogP) is 3.15. The molecular weight excluding hydrogens is 236 g/mol. The van der Waals surface area contributed by atoms with E-state index in [0.717, 1.165) is 12.1 Å². The fourth-order valence-electron chi connectivity index (χ4n) is 3.29. The van der Waals surface area contributed by atoms with E-state index in [9.17, 15) is 4.79 Å². The third-order valence-electron chi connectivity index (χ3n) is 4.10. The van der Waals surface area contributed by atoms with Gasteiger partial charge in [0.05, 0.1) is 0 Å². The molecule has 0 saturated heterocycles. The third-order valence-corrected chi connectivity index (χ3v) is 4.10. The number of hydrogen-bond acceptors (Lipinski definition) is 2. The molecule has 1 unspecified atom stereocenters. The second-order valence-electron chi connectivity index (χ2n) is 5.43. The van der Waals surface area contributed by atoms with E-state index in [0.29, 0.717) is 17.5 Å². The molecule has 19 heavy (non-hydrogen) atoms. The average molecular weight is 260 g/mol. The summed E-state index contributed by atoms with van der Waals surface area (Å²) in [5.74, 6) is 0.334. The van der Waals surface area contributed by atoms with Gasteiger partial charge in [0.2, 0.25) is 5.91 Å². The van der Waals surface area contributed by atoms with Crippen LogP contribution in [0.3, 0.4) is 0 Å². The number of hydrogen-bond donors (Lipinski definition) is 2. The molecule has 3 nitrogen and oxygen atoms in total. The van der Waals surface area contributed by atoms with Gasteiger partial charge in [-0.05, 0) is 36.0 Å². The van der Waals surface area contributed by atoms with Crippen LogP contribution < -0.4 is 11.1 Å². The molecule has 3 heteroatoms. The zero-order valence-corrected chi connectivity index (χ0v) is 11.9. The summed E-state index contributed by atoms with van der Waals surface area (Å²) in [6.45, 7) is 5.24. The molecule has 0 spiro atoms. The van der Waals surface area contributed by atoms with Crippen molar-refractivity contribution in [2.24, 2.45) is 11.7 Å². The van der Waals surface area contributed by atoms with Crippen molar-refractivity contribution in [3.8, 4) is 0 Å². The number of carbonyl (C=O) groups is 1. The van der Waals surface area contributed by atoms with Crippen LogP contribution in [0.2, 0.25) is 0 Å². The highest BCUT2D eigenvalue weighted by atomic mass is 16.1. The maximum absolute atomic E-state index is 11.5. The first-order chi connectivity index (χ1) is 9.19. The quantitative estimate of drug-likeness (QED) is 0.825. The molecule has 1 atom stereocenters. The van der Waals surface area contributed by atoms with Crippen LogP contribution in [0.5, 0.6) is 0 Å². The highest BCUT2D eigenvalue weighted by Gasteiger charge is 2.30. The van der Waals surface area contributed by atoms with Crippen molar-refractivity contribution in [3.05, 3.63) is 34.9 Å². The smallest absolute Gasteiger partial charge is 0.249 e. The standard InChI is InChI=1S/C16H24N2O/c1-3-6-11(7-4-2)15-12-8-5-9-13(16(17)19)14(12)10-18-15/h5,8-9,11,15,18H,3-4,6-7,10H2,1-2H3,(H2,17,19). The van der Waals surface area contributed by atoms with Crippen LogP contribution in [0.1, 0.15) is 67.1 Å². The van der Waals surface area contributed by atoms with Crippen molar-refractivity contribution >= 4 is 5.91 Å². The van der Waals surface area contributed by atoms with Crippen LogP contribution in [0.25, 0.3) is 0 Å². The molecular formula is C16H24N2O. The second-order valence-corrected chi connectivity index (χ2v) is 5.43. The van der Waals surface area contributed by atoms with E-state index in [1.165, 1.54) is 31.2 Å². The predicted molar refractivity (Wildman–Crippen MR) is 77.8 cm³/mol. The summed E-state index contributed by atoms with van der Waals surface area (Å²) in [6, 6.07) is 6.31. The van der Waals surface area contributed by atoms with Crippen LogP contribution in [0.15, 0.2) is 18.2 Å². The third kappa shape index (κ3) is 2.81. The van der Waals surface area contributed by atoms with Gasteiger partial charge in [-0.2, -0.15) is 0 Å². The molecule has 1 aromatic rings. The second kappa shape index (κ2) is 6.20. The maximum Gasteiger partial charge on any atom is 0.249 e. The van der Waals surface area contributed by atoms with Gasteiger partial charge in [0, 0.05) is 18.2 Å². The van der Waals surface area contributed by atoms with Crippen LogP contribution in [-0.4, -0.2) is 5.91 Å². The van der Waals surface area contributed by atoms with E-state index >= 15 is 0 Å². The fraction of sp³-hybridized carbons (Fsp3) is 0.562.